The molecule has 1 aromatic heterocycles. The Hall–Kier alpha value is -0.670. The smallest absolute Gasteiger partial charge is 0.266 e. The summed E-state index contributed by atoms with van der Waals surface area (Å²) in [6, 6.07) is 0. The average Bonchev–Trinajstić information content (AvgIpc) is 2.29. The zero-order valence-electron chi connectivity index (χ0n) is 8.70. The van der Waals surface area contributed by atoms with Gasteiger partial charge in [0, 0.05) is 13.2 Å². The second kappa shape index (κ2) is 7.58. The van der Waals surface area contributed by atoms with Crippen molar-refractivity contribution in [3.8, 4) is 0 Å². The van der Waals surface area contributed by atoms with Gasteiger partial charge in [0.15, 0.2) is 0 Å². The molecule has 0 amide bonds. The molecule has 1 aromatic rings. The number of ether oxygens (including phenoxy) is 1. The minimum atomic E-state index is -0.144. The molecule has 16 heavy (non-hydrogen) atoms. The number of aliphatic hydroxyl groups is 1. The first-order valence-electron chi connectivity index (χ1n) is 4.91. The van der Waals surface area contributed by atoms with Crippen LogP contribution in [0.25, 0.3) is 0 Å². The molecular formula is C9H14IN3O3. The van der Waals surface area contributed by atoms with Crippen LogP contribution >= 0.6 is 22.6 Å². The summed E-state index contributed by atoms with van der Waals surface area (Å²) < 4.78 is 5.65. The summed E-state index contributed by atoms with van der Waals surface area (Å²) in [5.41, 5.74) is -0.144. The molecule has 0 atom stereocenters. The molecule has 1 rings (SSSR count). The summed E-state index contributed by atoms with van der Waals surface area (Å²) in [6.45, 7) is 1.66. The highest BCUT2D eigenvalue weighted by molar-refractivity contribution is 14.1. The van der Waals surface area contributed by atoms with E-state index in [9.17, 15) is 4.79 Å². The third kappa shape index (κ3) is 4.45. The summed E-state index contributed by atoms with van der Waals surface area (Å²) in [5, 5.41) is 11.5. The van der Waals surface area contributed by atoms with E-state index >= 15 is 0 Å². The highest BCUT2D eigenvalue weighted by Crippen LogP contribution is 2.08. The van der Waals surface area contributed by atoms with E-state index in [0.717, 1.165) is 6.42 Å². The molecule has 6 nitrogen and oxygen atoms in total. The van der Waals surface area contributed by atoms with Gasteiger partial charge < -0.3 is 20.1 Å². The van der Waals surface area contributed by atoms with Crippen molar-refractivity contribution in [2.45, 2.75) is 6.42 Å². The molecule has 0 bridgehead atoms. The number of nitrogens with zero attached hydrogens (tertiary/aromatic N) is 1. The zero-order valence-corrected chi connectivity index (χ0v) is 10.9. The first-order chi connectivity index (χ1) is 7.75. The zero-order chi connectivity index (χ0) is 11.8. The minimum Gasteiger partial charge on any atom is -0.394 e. The van der Waals surface area contributed by atoms with Crippen LogP contribution < -0.4 is 10.9 Å². The van der Waals surface area contributed by atoms with Crippen molar-refractivity contribution >= 4 is 28.4 Å². The van der Waals surface area contributed by atoms with Gasteiger partial charge in [0.1, 0.15) is 9.39 Å². The number of aromatic nitrogens is 2. The second-order valence-electron chi connectivity index (χ2n) is 3.01. The maximum Gasteiger partial charge on any atom is 0.266 e. The SMILES string of the molecule is O=c1[nH]cnc(NCCCOCCO)c1I. The summed E-state index contributed by atoms with van der Waals surface area (Å²) in [7, 11) is 0. The van der Waals surface area contributed by atoms with Crippen LogP contribution in [0, 0.1) is 3.57 Å². The summed E-state index contributed by atoms with van der Waals surface area (Å²) >= 11 is 1.95. The number of H-pyrrole nitrogens is 1. The van der Waals surface area contributed by atoms with Gasteiger partial charge in [-0.05, 0) is 29.0 Å². The van der Waals surface area contributed by atoms with Crippen molar-refractivity contribution in [1.82, 2.24) is 9.97 Å². The number of rotatable bonds is 7. The Morgan fingerprint density at radius 2 is 2.38 bits per heavy atom. The van der Waals surface area contributed by atoms with E-state index in [0.29, 0.717) is 29.1 Å². The van der Waals surface area contributed by atoms with Gasteiger partial charge in [-0.3, -0.25) is 4.79 Å². The van der Waals surface area contributed by atoms with Gasteiger partial charge in [-0.1, -0.05) is 0 Å². The Labute approximate surface area is 107 Å². The molecule has 0 fully saturated rings. The first-order valence-corrected chi connectivity index (χ1v) is 5.99. The quantitative estimate of drug-likeness (QED) is 0.488. The minimum absolute atomic E-state index is 0.0426. The lowest BCUT2D eigenvalue weighted by atomic mass is 10.4. The molecule has 90 valence electrons. The number of nitrogens with one attached hydrogen (secondary N) is 2. The highest BCUT2D eigenvalue weighted by Gasteiger charge is 2.03. The van der Waals surface area contributed by atoms with Crippen LogP contribution in [0.5, 0.6) is 0 Å². The Balaban J connectivity index is 2.27. The van der Waals surface area contributed by atoms with Crippen LogP contribution in [0.1, 0.15) is 6.42 Å². The molecule has 0 aromatic carbocycles. The van der Waals surface area contributed by atoms with Gasteiger partial charge in [0.2, 0.25) is 0 Å². The van der Waals surface area contributed by atoms with Crippen LogP contribution in [0.2, 0.25) is 0 Å². The molecule has 3 N–H and O–H groups in total. The third-order valence-corrected chi connectivity index (χ3v) is 2.79. The molecule has 0 saturated heterocycles. The molecule has 0 spiro atoms. The Kier molecular flexibility index (Phi) is 6.34. The first kappa shape index (κ1) is 13.4. The van der Waals surface area contributed by atoms with Crippen LogP contribution in [0.15, 0.2) is 11.1 Å². The Bertz CT molecular complexity index is 369. The molecule has 0 aliphatic carbocycles. The van der Waals surface area contributed by atoms with Gasteiger partial charge in [-0.25, -0.2) is 4.98 Å². The average molecular weight is 339 g/mol. The molecule has 0 saturated carbocycles. The lowest BCUT2D eigenvalue weighted by Gasteiger charge is -2.06. The van der Waals surface area contributed by atoms with Crippen molar-refractivity contribution in [2.24, 2.45) is 0 Å². The van der Waals surface area contributed by atoms with Gasteiger partial charge in [-0.15, -0.1) is 0 Å². The summed E-state index contributed by atoms with van der Waals surface area (Å²) in [4.78, 5) is 17.7. The molecule has 0 aliphatic heterocycles. The largest absolute Gasteiger partial charge is 0.394 e. The maximum atomic E-state index is 11.2. The summed E-state index contributed by atoms with van der Waals surface area (Å²) in [6.07, 6.45) is 2.17. The second-order valence-corrected chi connectivity index (χ2v) is 4.09. The van der Waals surface area contributed by atoms with E-state index in [1.165, 1.54) is 6.33 Å². The van der Waals surface area contributed by atoms with Crippen molar-refractivity contribution in [3.05, 3.63) is 20.3 Å². The molecule has 0 radical (unpaired) electrons. The highest BCUT2D eigenvalue weighted by atomic mass is 127. The standard InChI is InChI=1S/C9H14IN3O3/c10-7-8(12-6-13-9(7)15)11-2-1-4-16-5-3-14/h6,14H,1-5H2,(H2,11,12,13,15). The third-order valence-electron chi connectivity index (χ3n) is 1.79. The number of anilines is 1. The molecule has 0 aliphatic rings. The fraction of sp³-hybridized carbons (Fsp3) is 0.556. The number of hydrogen-bond donors (Lipinski definition) is 3. The topological polar surface area (TPSA) is 87.2 Å². The predicted molar refractivity (Wildman–Crippen MR) is 68.6 cm³/mol. The Morgan fingerprint density at radius 1 is 1.56 bits per heavy atom. The maximum absolute atomic E-state index is 11.2. The number of hydrogen-bond acceptors (Lipinski definition) is 5. The number of aromatic amines is 1. The Morgan fingerprint density at radius 3 is 3.12 bits per heavy atom. The predicted octanol–water partition coefficient (Wildman–Crippen LogP) is 0.185. The van der Waals surface area contributed by atoms with Crippen LogP contribution in [-0.2, 0) is 4.74 Å². The van der Waals surface area contributed by atoms with Crippen molar-refractivity contribution < 1.29 is 9.84 Å². The molecule has 1 heterocycles. The van der Waals surface area contributed by atoms with E-state index in [1.54, 1.807) is 0 Å². The van der Waals surface area contributed by atoms with E-state index in [-0.39, 0.29) is 12.2 Å². The molecule has 7 heteroatoms. The lowest BCUT2D eigenvalue weighted by Crippen LogP contribution is -2.16. The molecule has 0 unspecified atom stereocenters. The van der Waals surface area contributed by atoms with E-state index in [4.69, 9.17) is 9.84 Å². The van der Waals surface area contributed by atoms with E-state index < -0.39 is 0 Å². The van der Waals surface area contributed by atoms with Gasteiger partial charge in [0.25, 0.3) is 5.56 Å². The fourth-order valence-corrected chi connectivity index (χ4v) is 1.54. The number of halogens is 1. The van der Waals surface area contributed by atoms with Crippen molar-refractivity contribution in [2.75, 3.05) is 31.7 Å². The summed E-state index contributed by atoms with van der Waals surface area (Å²) in [5.74, 6) is 0.589. The normalized spacial score (nSPS) is 10.4. The van der Waals surface area contributed by atoms with E-state index in [2.05, 4.69) is 15.3 Å². The van der Waals surface area contributed by atoms with Gasteiger partial charge in [-0.2, -0.15) is 0 Å². The number of aliphatic hydroxyl groups excluding tert-OH is 1. The molecular weight excluding hydrogens is 325 g/mol. The fourth-order valence-electron chi connectivity index (χ4n) is 1.05. The lowest BCUT2D eigenvalue weighted by molar-refractivity contribution is 0.0922. The van der Waals surface area contributed by atoms with Crippen molar-refractivity contribution in [3.63, 3.8) is 0 Å². The van der Waals surface area contributed by atoms with Crippen LogP contribution in [0.3, 0.4) is 0 Å². The monoisotopic (exact) mass is 339 g/mol. The van der Waals surface area contributed by atoms with Crippen molar-refractivity contribution in [1.29, 1.82) is 0 Å². The van der Waals surface area contributed by atoms with Crippen LogP contribution in [-0.4, -0.2) is 41.4 Å². The van der Waals surface area contributed by atoms with Gasteiger partial charge >= 0.3 is 0 Å². The van der Waals surface area contributed by atoms with Gasteiger partial charge in [0.05, 0.1) is 19.5 Å². The van der Waals surface area contributed by atoms with E-state index in [1.807, 2.05) is 22.6 Å². The van der Waals surface area contributed by atoms with Crippen LogP contribution in [0.4, 0.5) is 5.82 Å².